The number of rotatable bonds is 4. The zero-order chi connectivity index (χ0) is 18.0. The largest absolute Gasteiger partial charge is 0.482 e. The number of amides is 3. The van der Waals surface area contributed by atoms with Gasteiger partial charge in [0.2, 0.25) is 0 Å². The van der Waals surface area contributed by atoms with E-state index >= 15 is 0 Å². The fourth-order valence-corrected chi connectivity index (χ4v) is 3.04. The fraction of sp³-hybridized carbons (Fsp3) is 0.312. The predicted octanol–water partition coefficient (Wildman–Crippen LogP) is 1.89. The van der Waals surface area contributed by atoms with E-state index in [2.05, 4.69) is 15.6 Å². The van der Waals surface area contributed by atoms with Crippen molar-refractivity contribution in [2.24, 2.45) is 0 Å². The number of benzene rings is 1. The second-order valence-corrected chi connectivity index (χ2v) is 6.58. The van der Waals surface area contributed by atoms with Crippen molar-refractivity contribution in [2.45, 2.75) is 6.54 Å². The van der Waals surface area contributed by atoms with Gasteiger partial charge < -0.3 is 25.2 Å². The van der Waals surface area contributed by atoms with Crippen molar-refractivity contribution in [1.29, 1.82) is 0 Å². The molecule has 0 atom stereocenters. The number of likely N-dealkylation sites (N-methyl/N-ethyl adjacent to an activating group) is 1. The topological polar surface area (TPSA) is 86.8 Å². The van der Waals surface area contributed by atoms with Crippen LogP contribution in [0.25, 0.3) is 0 Å². The number of fused-ring (bicyclic) bond motifs is 1. The van der Waals surface area contributed by atoms with Crippen LogP contribution in [-0.2, 0) is 11.3 Å². The minimum Gasteiger partial charge on any atom is -0.482 e. The molecule has 3 amide bonds. The Morgan fingerprint density at radius 1 is 1.44 bits per heavy atom. The van der Waals surface area contributed by atoms with Crippen LogP contribution in [-0.4, -0.2) is 44.7 Å². The summed E-state index contributed by atoms with van der Waals surface area (Å²) in [5.41, 5.74) is 2.01. The molecule has 0 saturated heterocycles. The zero-order valence-corrected chi connectivity index (χ0v) is 15.0. The van der Waals surface area contributed by atoms with Crippen LogP contribution in [0.2, 0.25) is 0 Å². The van der Waals surface area contributed by atoms with Crippen LogP contribution in [0.4, 0.5) is 21.3 Å². The molecule has 2 heterocycles. The number of ether oxygens (including phenoxy) is 1. The van der Waals surface area contributed by atoms with E-state index in [1.807, 2.05) is 24.4 Å². The Labute approximate surface area is 149 Å². The molecule has 25 heavy (non-hydrogen) atoms. The fourth-order valence-electron chi connectivity index (χ4n) is 2.28. The minimum atomic E-state index is -0.343. The van der Waals surface area contributed by atoms with E-state index in [4.69, 9.17) is 4.74 Å². The lowest BCUT2D eigenvalue weighted by molar-refractivity contribution is -0.120. The summed E-state index contributed by atoms with van der Waals surface area (Å²) in [6.45, 7) is 0.363. The monoisotopic (exact) mass is 361 g/mol. The summed E-state index contributed by atoms with van der Waals surface area (Å²) in [7, 11) is 5.52. The van der Waals surface area contributed by atoms with Gasteiger partial charge in [-0.25, -0.2) is 9.78 Å². The number of nitrogens with one attached hydrogen (secondary N) is 2. The van der Waals surface area contributed by atoms with Gasteiger partial charge in [-0.05, 0) is 18.2 Å². The first kappa shape index (κ1) is 17.0. The number of urea groups is 1. The predicted molar refractivity (Wildman–Crippen MR) is 97.6 cm³/mol. The summed E-state index contributed by atoms with van der Waals surface area (Å²) in [5.74, 6) is 0.487. The average Bonchev–Trinajstić information content (AvgIpc) is 3.06. The van der Waals surface area contributed by atoms with E-state index in [1.165, 1.54) is 16.2 Å². The highest BCUT2D eigenvalue weighted by Crippen LogP contribution is 2.33. The van der Waals surface area contributed by atoms with Gasteiger partial charge in [0.15, 0.2) is 11.7 Å². The van der Waals surface area contributed by atoms with E-state index in [-0.39, 0.29) is 18.5 Å². The molecule has 1 aromatic heterocycles. The van der Waals surface area contributed by atoms with Crippen LogP contribution in [0.15, 0.2) is 23.6 Å². The molecule has 0 unspecified atom stereocenters. The summed E-state index contributed by atoms with van der Waals surface area (Å²) >= 11 is 1.52. The van der Waals surface area contributed by atoms with E-state index in [0.717, 1.165) is 10.8 Å². The number of carbonyl (C=O) groups excluding carboxylic acids is 2. The van der Waals surface area contributed by atoms with Gasteiger partial charge in [0.25, 0.3) is 5.91 Å². The SMILES string of the molecule is CN(C)c1nc(CNC(=O)Nc2ccc3c(c2)N(C)C(=O)CO3)cs1. The number of carbonyl (C=O) groups is 2. The molecule has 0 fully saturated rings. The summed E-state index contributed by atoms with van der Waals surface area (Å²) in [4.78, 5) is 31.6. The molecule has 132 valence electrons. The Hall–Kier alpha value is -2.81. The van der Waals surface area contributed by atoms with Crippen molar-refractivity contribution in [2.75, 3.05) is 42.9 Å². The highest BCUT2D eigenvalue weighted by atomic mass is 32.1. The smallest absolute Gasteiger partial charge is 0.319 e. The van der Waals surface area contributed by atoms with Crippen LogP contribution >= 0.6 is 11.3 Å². The molecule has 0 bridgehead atoms. The molecular weight excluding hydrogens is 342 g/mol. The zero-order valence-electron chi connectivity index (χ0n) is 14.2. The van der Waals surface area contributed by atoms with Gasteiger partial charge >= 0.3 is 6.03 Å². The summed E-state index contributed by atoms with van der Waals surface area (Å²) in [5, 5.41) is 8.31. The van der Waals surface area contributed by atoms with Crippen molar-refractivity contribution in [1.82, 2.24) is 10.3 Å². The van der Waals surface area contributed by atoms with E-state index in [0.29, 0.717) is 23.7 Å². The minimum absolute atomic E-state index is 0.0271. The summed E-state index contributed by atoms with van der Waals surface area (Å²) < 4.78 is 5.36. The summed E-state index contributed by atoms with van der Waals surface area (Å²) in [6, 6.07) is 4.83. The molecule has 0 saturated carbocycles. The molecule has 2 N–H and O–H groups in total. The number of hydrogen-bond acceptors (Lipinski definition) is 6. The molecule has 8 nitrogen and oxygen atoms in total. The molecular formula is C16H19N5O3S. The number of anilines is 3. The molecule has 1 aliphatic rings. The van der Waals surface area contributed by atoms with E-state index in [1.54, 1.807) is 25.2 Å². The lowest BCUT2D eigenvalue weighted by Gasteiger charge is -2.26. The third-order valence-corrected chi connectivity index (χ3v) is 4.71. The second-order valence-electron chi connectivity index (χ2n) is 5.75. The highest BCUT2D eigenvalue weighted by molar-refractivity contribution is 7.13. The Morgan fingerprint density at radius 2 is 2.24 bits per heavy atom. The first-order valence-corrected chi connectivity index (χ1v) is 8.52. The molecule has 1 aliphatic heterocycles. The van der Waals surface area contributed by atoms with Gasteiger partial charge in [0.1, 0.15) is 5.75 Å². The third-order valence-electron chi connectivity index (χ3n) is 3.66. The van der Waals surface area contributed by atoms with Crippen molar-refractivity contribution in [3.8, 4) is 5.75 Å². The van der Waals surface area contributed by atoms with Gasteiger partial charge in [-0.2, -0.15) is 0 Å². The maximum atomic E-state index is 12.1. The van der Waals surface area contributed by atoms with Gasteiger partial charge in [0.05, 0.1) is 17.9 Å². The van der Waals surface area contributed by atoms with Gasteiger partial charge in [-0.1, -0.05) is 0 Å². The van der Waals surface area contributed by atoms with Gasteiger partial charge in [-0.3, -0.25) is 4.79 Å². The number of nitrogens with zero attached hydrogens (tertiary/aromatic N) is 3. The van der Waals surface area contributed by atoms with Crippen molar-refractivity contribution < 1.29 is 14.3 Å². The van der Waals surface area contributed by atoms with Crippen LogP contribution < -0.4 is 25.2 Å². The lowest BCUT2D eigenvalue weighted by atomic mass is 10.2. The first-order chi connectivity index (χ1) is 11.9. The number of hydrogen-bond donors (Lipinski definition) is 2. The molecule has 0 aliphatic carbocycles. The number of aromatic nitrogens is 1. The highest BCUT2D eigenvalue weighted by Gasteiger charge is 2.22. The maximum absolute atomic E-state index is 12.1. The molecule has 0 spiro atoms. The molecule has 1 aromatic carbocycles. The van der Waals surface area contributed by atoms with E-state index < -0.39 is 0 Å². The maximum Gasteiger partial charge on any atom is 0.319 e. The normalized spacial score (nSPS) is 13.1. The molecule has 9 heteroatoms. The van der Waals surface area contributed by atoms with Crippen molar-refractivity contribution in [3.05, 3.63) is 29.3 Å². The number of thiazole rings is 1. The van der Waals surface area contributed by atoms with Crippen LogP contribution in [0.3, 0.4) is 0 Å². The Kier molecular flexibility index (Phi) is 4.75. The molecule has 2 aromatic rings. The Morgan fingerprint density at radius 3 is 2.96 bits per heavy atom. The standard InChI is InChI=1S/C16H19N5O3S/c1-20(2)16-19-11(9-25-16)7-17-15(23)18-10-4-5-13-12(6-10)21(3)14(22)8-24-13/h4-6,9H,7-8H2,1-3H3,(H2,17,18,23). The van der Waals surface area contributed by atoms with Crippen LogP contribution in [0.5, 0.6) is 5.75 Å². The van der Waals surface area contributed by atoms with Crippen LogP contribution in [0.1, 0.15) is 5.69 Å². The third kappa shape index (κ3) is 3.82. The first-order valence-electron chi connectivity index (χ1n) is 7.64. The second kappa shape index (κ2) is 6.98. The lowest BCUT2D eigenvalue weighted by Crippen LogP contribution is -2.35. The van der Waals surface area contributed by atoms with Gasteiger partial charge in [-0.15, -0.1) is 11.3 Å². The Bertz CT molecular complexity index is 805. The summed E-state index contributed by atoms with van der Waals surface area (Å²) in [6.07, 6.45) is 0. The van der Waals surface area contributed by atoms with E-state index in [9.17, 15) is 9.59 Å². The van der Waals surface area contributed by atoms with Crippen molar-refractivity contribution in [3.63, 3.8) is 0 Å². The van der Waals surface area contributed by atoms with Crippen molar-refractivity contribution >= 4 is 39.8 Å². The molecule has 3 rings (SSSR count). The average molecular weight is 361 g/mol. The quantitative estimate of drug-likeness (QED) is 0.868. The van der Waals surface area contributed by atoms with Crippen LogP contribution in [0, 0.1) is 0 Å². The Balaban J connectivity index is 1.60. The van der Waals surface area contributed by atoms with Gasteiger partial charge in [0, 0.05) is 32.2 Å². The molecule has 0 radical (unpaired) electrons.